The minimum atomic E-state index is 0.284. The fourth-order valence-corrected chi connectivity index (χ4v) is 5.10. The molecule has 2 aromatic rings. The first-order valence-electron chi connectivity index (χ1n) is 9.30. The molecule has 2 aliphatic rings. The van der Waals surface area contributed by atoms with Crippen LogP contribution in [-0.2, 0) is 11.3 Å². The van der Waals surface area contributed by atoms with E-state index in [0.29, 0.717) is 0 Å². The van der Waals surface area contributed by atoms with Crippen LogP contribution in [0.3, 0.4) is 0 Å². The van der Waals surface area contributed by atoms with E-state index in [0.717, 1.165) is 68.6 Å². The lowest BCUT2D eigenvalue weighted by Gasteiger charge is -2.51. The summed E-state index contributed by atoms with van der Waals surface area (Å²) in [7, 11) is 3.99. The Labute approximate surface area is 159 Å². The number of hydrogen-bond acceptors (Lipinski definition) is 6. The van der Waals surface area contributed by atoms with E-state index in [1.165, 1.54) is 4.88 Å². The molecule has 2 aliphatic heterocycles. The smallest absolute Gasteiger partial charge is 0.129 e. The normalized spacial score (nSPS) is 21.2. The van der Waals surface area contributed by atoms with E-state index in [-0.39, 0.29) is 5.54 Å². The van der Waals surface area contributed by atoms with Gasteiger partial charge >= 0.3 is 0 Å². The number of hydrogen-bond donors (Lipinski definition) is 0. The third-order valence-electron chi connectivity index (χ3n) is 5.77. The van der Waals surface area contributed by atoms with E-state index >= 15 is 0 Å². The fourth-order valence-electron chi connectivity index (χ4n) is 4.12. The summed E-state index contributed by atoms with van der Waals surface area (Å²) in [5.74, 6) is 0.883. The second-order valence-corrected chi connectivity index (χ2v) is 8.42. The van der Waals surface area contributed by atoms with Crippen molar-refractivity contribution in [3.05, 3.63) is 35.3 Å². The van der Waals surface area contributed by atoms with Gasteiger partial charge in [-0.1, -0.05) is 12.1 Å². The van der Waals surface area contributed by atoms with Crippen LogP contribution in [0.25, 0.3) is 10.6 Å². The number of thiazole rings is 1. The molecule has 26 heavy (non-hydrogen) atoms. The highest BCUT2D eigenvalue weighted by Crippen LogP contribution is 2.35. The molecular weight excluding hydrogens is 346 g/mol. The van der Waals surface area contributed by atoms with Crippen LogP contribution < -0.4 is 4.74 Å². The highest BCUT2D eigenvalue weighted by molar-refractivity contribution is 7.15. The predicted octanol–water partition coefficient (Wildman–Crippen LogP) is 3.12. The summed E-state index contributed by atoms with van der Waals surface area (Å²) in [4.78, 5) is 11.1. The molecule has 140 valence electrons. The zero-order valence-corrected chi connectivity index (χ0v) is 16.4. The quantitative estimate of drug-likeness (QED) is 0.823. The Bertz CT molecular complexity index is 742. The summed E-state index contributed by atoms with van der Waals surface area (Å²) in [6.45, 7) is 6.10. The van der Waals surface area contributed by atoms with Crippen LogP contribution in [0.4, 0.5) is 0 Å². The Balaban J connectivity index is 1.47. The summed E-state index contributed by atoms with van der Waals surface area (Å²) in [6.07, 6.45) is 4.30. The van der Waals surface area contributed by atoms with E-state index < -0.39 is 0 Å². The molecule has 0 atom stereocenters. The average Bonchev–Trinajstić information content (AvgIpc) is 3.14. The molecule has 5 nitrogen and oxygen atoms in total. The number of likely N-dealkylation sites (N-methyl/N-ethyl adjacent to an activating group) is 1. The maximum absolute atomic E-state index is 5.61. The van der Waals surface area contributed by atoms with Gasteiger partial charge in [0.25, 0.3) is 0 Å². The van der Waals surface area contributed by atoms with E-state index in [9.17, 15) is 0 Å². The van der Waals surface area contributed by atoms with E-state index in [4.69, 9.17) is 9.47 Å². The molecule has 2 fully saturated rings. The van der Waals surface area contributed by atoms with Gasteiger partial charge in [-0.05, 0) is 32.0 Å². The summed E-state index contributed by atoms with van der Waals surface area (Å²) in [5, 5.41) is 1.03. The summed E-state index contributed by atoms with van der Waals surface area (Å²) < 4.78 is 11.1. The second kappa shape index (κ2) is 7.64. The van der Waals surface area contributed by atoms with Crippen LogP contribution in [-0.4, -0.2) is 67.3 Å². The predicted molar refractivity (Wildman–Crippen MR) is 105 cm³/mol. The van der Waals surface area contributed by atoms with Crippen molar-refractivity contribution < 1.29 is 9.47 Å². The molecule has 6 heteroatoms. The third-order valence-corrected chi connectivity index (χ3v) is 6.79. The van der Waals surface area contributed by atoms with Crippen LogP contribution in [0.2, 0.25) is 0 Å². The second-order valence-electron chi connectivity index (χ2n) is 7.30. The van der Waals surface area contributed by atoms with Gasteiger partial charge in [-0.3, -0.25) is 9.80 Å². The van der Waals surface area contributed by atoms with Gasteiger partial charge in [0.1, 0.15) is 10.8 Å². The lowest BCUT2D eigenvalue weighted by Crippen LogP contribution is -2.62. The maximum Gasteiger partial charge on any atom is 0.129 e. The van der Waals surface area contributed by atoms with Crippen LogP contribution >= 0.6 is 11.3 Å². The SMILES string of the molecule is COc1ccccc1-c1ncc(CN2CCN(C)C3(CCOCC3)C2)s1. The van der Waals surface area contributed by atoms with Crippen molar-refractivity contribution in [2.24, 2.45) is 0 Å². The summed E-state index contributed by atoms with van der Waals surface area (Å²) in [5.41, 5.74) is 1.36. The third kappa shape index (κ3) is 3.51. The van der Waals surface area contributed by atoms with Crippen molar-refractivity contribution >= 4 is 11.3 Å². The van der Waals surface area contributed by atoms with Gasteiger partial charge in [0.15, 0.2) is 0 Å². The first kappa shape index (κ1) is 17.9. The average molecular weight is 374 g/mol. The number of methoxy groups -OCH3 is 1. The molecule has 0 aliphatic carbocycles. The molecule has 0 amide bonds. The highest BCUT2D eigenvalue weighted by Gasteiger charge is 2.40. The van der Waals surface area contributed by atoms with Crippen molar-refractivity contribution in [1.82, 2.24) is 14.8 Å². The molecule has 0 bridgehead atoms. The zero-order chi connectivity index (χ0) is 18.0. The molecule has 1 aromatic heterocycles. The molecule has 2 saturated heterocycles. The van der Waals surface area contributed by atoms with Gasteiger partial charge in [0.05, 0.1) is 12.7 Å². The lowest BCUT2D eigenvalue weighted by atomic mass is 9.86. The molecule has 0 unspecified atom stereocenters. The largest absolute Gasteiger partial charge is 0.496 e. The van der Waals surface area contributed by atoms with Crippen molar-refractivity contribution in [2.45, 2.75) is 24.9 Å². The Morgan fingerprint density at radius 3 is 2.85 bits per heavy atom. The molecule has 3 heterocycles. The van der Waals surface area contributed by atoms with E-state index in [1.807, 2.05) is 24.4 Å². The van der Waals surface area contributed by atoms with Crippen molar-refractivity contribution in [2.75, 3.05) is 47.0 Å². The fraction of sp³-hybridized carbons (Fsp3) is 0.550. The minimum absolute atomic E-state index is 0.284. The van der Waals surface area contributed by atoms with Crippen LogP contribution in [0, 0.1) is 0 Å². The van der Waals surface area contributed by atoms with Crippen molar-refractivity contribution in [1.29, 1.82) is 0 Å². The number of para-hydroxylation sites is 1. The Morgan fingerprint density at radius 2 is 2.04 bits per heavy atom. The summed E-state index contributed by atoms with van der Waals surface area (Å²) in [6, 6.07) is 8.10. The Kier molecular flexibility index (Phi) is 5.27. The van der Waals surface area contributed by atoms with Crippen LogP contribution in [0.1, 0.15) is 17.7 Å². The molecule has 1 spiro atoms. The minimum Gasteiger partial charge on any atom is -0.496 e. The number of benzene rings is 1. The Morgan fingerprint density at radius 1 is 1.23 bits per heavy atom. The Hall–Kier alpha value is -1.47. The number of nitrogens with zero attached hydrogens (tertiary/aromatic N) is 3. The monoisotopic (exact) mass is 373 g/mol. The molecular formula is C20H27N3O2S. The number of piperazine rings is 1. The van der Waals surface area contributed by atoms with Gasteiger partial charge in [-0.2, -0.15) is 0 Å². The summed E-state index contributed by atoms with van der Waals surface area (Å²) >= 11 is 1.77. The van der Waals surface area contributed by atoms with E-state index in [2.05, 4.69) is 27.9 Å². The van der Waals surface area contributed by atoms with Gasteiger partial charge < -0.3 is 9.47 Å². The molecule has 0 radical (unpaired) electrons. The van der Waals surface area contributed by atoms with Crippen LogP contribution in [0.5, 0.6) is 5.75 Å². The molecule has 0 N–H and O–H groups in total. The molecule has 1 aromatic carbocycles. The first-order chi connectivity index (χ1) is 12.7. The van der Waals surface area contributed by atoms with E-state index in [1.54, 1.807) is 18.4 Å². The lowest BCUT2D eigenvalue weighted by molar-refractivity contribution is -0.0623. The molecule has 4 rings (SSSR count). The van der Waals surface area contributed by atoms with Gasteiger partial charge in [0.2, 0.25) is 0 Å². The topological polar surface area (TPSA) is 37.8 Å². The number of ether oxygens (including phenoxy) is 2. The molecule has 0 saturated carbocycles. The van der Waals surface area contributed by atoms with Gasteiger partial charge in [-0.25, -0.2) is 4.98 Å². The first-order valence-corrected chi connectivity index (χ1v) is 10.1. The number of rotatable bonds is 4. The zero-order valence-electron chi connectivity index (χ0n) is 15.6. The standard InChI is InChI=1S/C20H27N3O2S/c1-22-9-10-23(15-20(22)7-11-25-12-8-20)14-16-13-21-19(26-16)17-5-3-4-6-18(17)24-2/h3-6,13H,7-12,14-15H2,1-2H3. The van der Waals surface area contributed by atoms with Crippen LogP contribution in [0.15, 0.2) is 30.5 Å². The van der Waals surface area contributed by atoms with Crippen molar-refractivity contribution in [3.8, 4) is 16.3 Å². The van der Waals surface area contributed by atoms with Gasteiger partial charge in [-0.15, -0.1) is 11.3 Å². The number of aromatic nitrogens is 1. The van der Waals surface area contributed by atoms with Gasteiger partial charge in [0, 0.05) is 56.0 Å². The maximum atomic E-state index is 5.61. The van der Waals surface area contributed by atoms with Crippen molar-refractivity contribution in [3.63, 3.8) is 0 Å². The highest BCUT2D eigenvalue weighted by atomic mass is 32.1.